The zero-order valence-corrected chi connectivity index (χ0v) is 5.99. The molecule has 1 saturated heterocycles. The van der Waals surface area contributed by atoms with Crippen LogP contribution in [0.2, 0.25) is 0 Å². The minimum atomic E-state index is -0.159. The molecule has 0 unspecified atom stereocenters. The lowest BCUT2D eigenvalue weighted by atomic mass is 10.4. The van der Waals surface area contributed by atoms with Gasteiger partial charge in [0.2, 0.25) is 11.8 Å². The molecule has 0 aromatic carbocycles. The zero-order chi connectivity index (χ0) is 8.27. The van der Waals surface area contributed by atoms with Crippen molar-refractivity contribution in [1.82, 2.24) is 4.90 Å². The van der Waals surface area contributed by atoms with Crippen LogP contribution in [0.15, 0.2) is 12.3 Å². The second kappa shape index (κ2) is 3.18. The Morgan fingerprint density at radius 3 is 2.36 bits per heavy atom. The number of aliphatic hydroxyl groups is 1. The minimum Gasteiger partial charge on any atom is -0.516 e. The van der Waals surface area contributed by atoms with Gasteiger partial charge in [-0.25, -0.2) is 0 Å². The van der Waals surface area contributed by atoms with Crippen LogP contribution in [0.3, 0.4) is 0 Å². The molecule has 1 fully saturated rings. The van der Waals surface area contributed by atoms with Crippen molar-refractivity contribution >= 4 is 11.8 Å². The Balaban J connectivity index is 2.54. The lowest BCUT2D eigenvalue weighted by Crippen LogP contribution is -2.28. The van der Waals surface area contributed by atoms with Crippen molar-refractivity contribution in [3.8, 4) is 0 Å². The molecule has 0 saturated carbocycles. The average Bonchev–Trinajstić information content (AvgIpc) is 2.29. The summed E-state index contributed by atoms with van der Waals surface area (Å²) in [4.78, 5) is 22.9. The second-order valence-electron chi connectivity index (χ2n) is 2.28. The van der Waals surface area contributed by atoms with Gasteiger partial charge >= 0.3 is 0 Å². The van der Waals surface area contributed by atoms with Gasteiger partial charge in [0.25, 0.3) is 0 Å². The number of rotatable bonds is 2. The molecule has 0 atom stereocenters. The first-order valence-corrected chi connectivity index (χ1v) is 3.38. The third-order valence-corrected chi connectivity index (χ3v) is 1.55. The van der Waals surface area contributed by atoms with Gasteiger partial charge in [0.1, 0.15) is 0 Å². The van der Waals surface area contributed by atoms with Crippen molar-refractivity contribution in [3.63, 3.8) is 0 Å². The van der Waals surface area contributed by atoms with Gasteiger partial charge in [-0.15, -0.1) is 0 Å². The van der Waals surface area contributed by atoms with Gasteiger partial charge in [0.15, 0.2) is 0 Å². The zero-order valence-electron chi connectivity index (χ0n) is 5.99. The molecule has 1 aliphatic heterocycles. The number of carbonyl (C=O) groups excluding carboxylic acids is 2. The van der Waals surface area contributed by atoms with Crippen molar-refractivity contribution in [2.24, 2.45) is 0 Å². The molecule has 2 amide bonds. The number of hydrogen-bond donors (Lipinski definition) is 1. The predicted octanol–water partition coefficient (Wildman–Crippen LogP) is 0.207. The van der Waals surface area contributed by atoms with Crippen LogP contribution >= 0.6 is 0 Å². The Morgan fingerprint density at radius 2 is 1.91 bits per heavy atom. The van der Waals surface area contributed by atoms with E-state index in [1.807, 2.05) is 0 Å². The van der Waals surface area contributed by atoms with Gasteiger partial charge < -0.3 is 5.11 Å². The van der Waals surface area contributed by atoms with Gasteiger partial charge in [-0.05, 0) is 6.08 Å². The summed E-state index contributed by atoms with van der Waals surface area (Å²) >= 11 is 0. The number of carbonyl (C=O) groups is 2. The molecule has 0 aromatic heterocycles. The van der Waals surface area contributed by atoms with E-state index < -0.39 is 0 Å². The maximum atomic E-state index is 10.9. The summed E-state index contributed by atoms with van der Waals surface area (Å²) in [5, 5.41) is 8.27. The van der Waals surface area contributed by atoms with Crippen molar-refractivity contribution in [2.75, 3.05) is 6.54 Å². The number of amides is 2. The molecule has 4 heteroatoms. The SMILES string of the molecule is O=C1CCC(=O)N1CC=CO. The topological polar surface area (TPSA) is 57.6 Å². The molecule has 1 aliphatic rings. The third-order valence-electron chi connectivity index (χ3n) is 1.55. The van der Waals surface area contributed by atoms with E-state index in [1.54, 1.807) is 0 Å². The summed E-state index contributed by atoms with van der Waals surface area (Å²) in [6.45, 7) is 0.189. The third kappa shape index (κ3) is 1.58. The Bertz CT molecular complexity index is 194. The van der Waals surface area contributed by atoms with Crippen LogP contribution in [-0.4, -0.2) is 28.4 Å². The summed E-state index contributed by atoms with van der Waals surface area (Å²) in [5.74, 6) is -0.318. The summed E-state index contributed by atoms with van der Waals surface area (Å²) in [5.41, 5.74) is 0. The Morgan fingerprint density at radius 1 is 1.36 bits per heavy atom. The Hall–Kier alpha value is -1.32. The summed E-state index contributed by atoms with van der Waals surface area (Å²) in [6.07, 6.45) is 2.80. The predicted molar refractivity (Wildman–Crippen MR) is 37.7 cm³/mol. The molecule has 1 N–H and O–H groups in total. The molecular weight excluding hydrogens is 146 g/mol. The molecule has 11 heavy (non-hydrogen) atoms. The molecule has 0 bridgehead atoms. The van der Waals surface area contributed by atoms with Crippen LogP contribution < -0.4 is 0 Å². The van der Waals surface area contributed by atoms with Crippen LogP contribution in [0, 0.1) is 0 Å². The van der Waals surface area contributed by atoms with E-state index >= 15 is 0 Å². The molecular formula is C7H9NO3. The summed E-state index contributed by atoms with van der Waals surface area (Å²) in [6, 6.07) is 0. The maximum absolute atomic E-state index is 10.9. The Kier molecular flexibility index (Phi) is 2.25. The van der Waals surface area contributed by atoms with E-state index in [-0.39, 0.29) is 18.4 Å². The number of aliphatic hydroxyl groups excluding tert-OH is 1. The van der Waals surface area contributed by atoms with Crippen molar-refractivity contribution < 1.29 is 14.7 Å². The molecule has 0 spiro atoms. The van der Waals surface area contributed by atoms with Gasteiger partial charge in [-0.1, -0.05) is 0 Å². The fraction of sp³-hybridized carbons (Fsp3) is 0.429. The van der Waals surface area contributed by atoms with E-state index in [9.17, 15) is 9.59 Å². The number of imide groups is 1. The van der Waals surface area contributed by atoms with Crippen LogP contribution in [-0.2, 0) is 9.59 Å². The van der Waals surface area contributed by atoms with E-state index in [1.165, 1.54) is 6.08 Å². The van der Waals surface area contributed by atoms with Crippen molar-refractivity contribution in [1.29, 1.82) is 0 Å². The van der Waals surface area contributed by atoms with E-state index in [4.69, 9.17) is 5.11 Å². The quantitative estimate of drug-likeness (QED) is 0.458. The second-order valence-corrected chi connectivity index (χ2v) is 2.28. The molecule has 0 aliphatic carbocycles. The first-order chi connectivity index (χ1) is 5.25. The highest BCUT2D eigenvalue weighted by atomic mass is 16.2. The lowest BCUT2D eigenvalue weighted by Gasteiger charge is -2.08. The lowest BCUT2D eigenvalue weighted by molar-refractivity contribution is -0.137. The highest BCUT2D eigenvalue weighted by Gasteiger charge is 2.27. The van der Waals surface area contributed by atoms with Crippen molar-refractivity contribution in [2.45, 2.75) is 12.8 Å². The molecule has 0 aromatic rings. The monoisotopic (exact) mass is 155 g/mol. The fourth-order valence-electron chi connectivity index (χ4n) is 0.979. The molecule has 1 heterocycles. The number of nitrogens with zero attached hydrogens (tertiary/aromatic N) is 1. The highest BCUT2D eigenvalue weighted by molar-refractivity contribution is 6.02. The van der Waals surface area contributed by atoms with Gasteiger partial charge in [-0.3, -0.25) is 14.5 Å². The number of hydrogen-bond acceptors (Lipinski definition) is 3. The van der Waals surface area contributed by atoms with E-state index in [0.29, 0.717) is 12.8 Å². The Labute approximate surface area is 64.1 Å². The standard InChI is InChI=1S/C7H9NO3/c9-5-1-4-8-6(10)2-3-7(8)11/h1,5,9H,2-4H2. The van der Waals surface area contributed by atoms with Crippen LogP contribution in [0.5, 0.6) is 0 Å². The van der Waals surface area contributed by atoms with Crippen LogP contribution in [0.4, 0.5) is 0 Å². The van der Waals surface area contributed by atoms with Gasteiger partial charge in [-0.2, -0.15) is 0 Å². The van der Waals surface area contributed by atoms with Crippen molar-refractivity contribution in [3.05, 3.63) is 12.3 Å². The first-order valence-electron chi connectivity index (χ1n) is 3.38. The summed E-state index contributed by atoms with van der Waals surface area (Å²) in [7, 11) is 0. The van der Waals surface area contributed by atoms with Gasteiger partial charge in [0, 0.05) is 19.4 Å². The van der Waals surface area contributed by atoms with Gasteiger partial charge in [0.05, 0.1) is 6.26 Å². The molecule has 4 nitrogen and oxygen atoms in total. The maximum Gasteiger partial charge on any atom is 0.229 e. The first kappa shape index (κ1) is 7.78. The number of likely N-dealkylation sites (tertiary alicyclic amines) is 1. The largest absolute Gasteiger partial charge is 0.516 e. The normalized spacial score (nSPS) is 18.7. The van der Waals surface area contributed by atoms with Crippen LogP contribution in [0.25, 0.3) is 0 Å². The molecule has 1 rings (SSSR count). The van der Waals surface area contributed by atoms with E-state index in [2.05, 4.69) is 0 Å². The van der Waals surface area contributed by atoms with E-state index in [0.717, 1.165) is 11.2 Å². The smallest absolute Gasteiger partial charge is 0.229 e. The molecule has 0 radical (unpaired) electrons. The summed E-state index contributed by atoms with van der Waals surface area (Å²) < 4.78 is 0. The fourth-order valence-corrected chi connectivity index (χ4v) is 0.979. The highest BCUT2D eigenvalue weighted by Crippen LogP contribution is 2.10. The average molecular weight is 155 g/mol. The molecule has 60 valence electrons. The van der Waals surface area contributed by atoms with Crippen LogP contribution in [0.1, 0.15) is 12.8 Å². The minimum absolute atomic E-state index is 0.159.